The largest absolute Gasteiger partial charge is 0.416 e. The summed E-state index contributed by atoms with van der Waals surface area (Å²) in [5, 5.41) is 0. The Kier molecular flexibility index (Phi) is 4.07. The van der Waals surface area contributed by atoms with Gasteiger partial charge in [0, 0.05) is 6.54 Å². The molecule has 0 amide bonds. The van der Waals surface area contributed by atoms with Crippen LogP contribution in [0, 0.1) is 0 Å². The van der Waals surface area contributed by atoms with Crippen molar-refractivity contribution in [3.05, 3.63) is 23.8 Å². The molecule has 0 heterocycles. The molecule has 0 bridgehead atoms. The zero-order valence-corrected chi connectivity index (χ0v) is 10.2. The van der Waals surface area contributed by atoms with Gasteiger partial charge in [-0.2, -0.15) is 26.3 Å². The molecular formula is C9H12F3N3O2S. The van der Waals surface area contributed by atoms with E-state index in [0.717, 1.165) is 12.1 Å². The van der Waals surface area contributed by atoms with Gasteiger partial charge in [0.05, 0.1) is 16.9 Å². The third kappa shape index (κ3) is 3.77. The minimum Gasteiger partial charge on any atom is -0.397 e. The highest BCUT2D eigenvalue weighted by Gasteiger charge is 2.31. The molecule has 0 radical (unpaired) electrons. The van der Waals surface area contributed by atoms with E-state index in [0.29, 0.717) is 6.07 Å². The Balaban J connectivity index is 3.01. The fourth-order valence-electron chi connectivity index (χ4n) is 1.20. The lowest BCUT2D eigenvalue weighted by atomic mass is 10.2. The minimum atomic E-state index is -4.52. The number of nitrogens with two attached hydrogens (primary N) is 1. The molecule has 0 aliphatic heterocycles. The average Bonchev–Trinajstić information content (AvgIpc) is 2.19. The van der Waals surface area contributed by atoms with Gasteiger partial charge < -0.3 is 5.73 Å². The Morgan fingerprint density at radius 3 is 2.39 bits per heavy atom. The summed E-state index contributed by atoms with van der Waals surface area (Å²) in [5.74, 6) is 0. The molecular weight excluding hydrogens is 271 g/mol. The second kappa shape index (κ2) is 5.02. The van der Waals surface area contributed by atoms with Gasteiger partial charge in [0.1, 0.15) is 0 Å². The quantitative estimate of drug-likeness (QED) is 0.733. The molecule has 9 heteroatoms. The van der Waals surface area contributed by atoms with Crippen molar-refractivity contribution in [2.24, 2.45) is 0 Å². The molecule has 0 fully saturated rings. The van der Waals surface area contributed by atoms with Crippen LogP contribution < -0.4 is 15.2 Å². The van der Waals surface area contributed by atoms with Gasteiger partial charge in [0.15, 0.2) is 0 Å². The SMILES string of the molecule is CCNS(=O)(=O)Nc1ccc(C(F)(F)F)cc1N. The van der Waals surface area contributed by atoms with Crippen molar-refractivity contribution in [3.63, 3.8) is 0 Å². The molecule has 1 aromatic carbocycles. The molecule has 1 aromatic rings. The maximum atomic E-state index is 12.4. The van der Waals surface area contributed by atoms with Crippen LogP contribution in [0.4, 0.5) is 24.5 Å². The monoisotopic (exact) mass is 283 g/mol. The van der Waals surface area contributed by atoms with E-state index in [9.17, 15) is 21.6 Å². The Morgan fingerprint density at radius 2 is 1.94 bits per heavy atom. The summed E-state index contributed by atoms with van der Waals surface area (Å²) in [6.45, 7) is 1.71. The first kappa shape index (κ1) is 14.6. The number of hydrogen-bond donors (Lipinski definition) is 3. The summed E-state index contributed by atoms with van der Waals surface area (Å²) < 4.78 is 63.9. The summed E-state index contributed by atoms with van der Waals surface area (Å²) in [6, 6.07) is 2.39. The number of anilines is 2. The number of hydrogen-bond acceptors (Lipinski definition) is 3. The topological polar surface area (TPSA) is 84.2 Å². The normalized spacial score (nSPS) is 12.4. The summed E-state index contributed by atoms with van der Waals surface area (Å²) in [4.78, 5) is 0. The minimum absolute atomic E-state index is 0.107. The molecule has 0 spiro atoms. The highest BCUT2D eigenvalue weighted by atomic mass is 32.2. The molecule has 18 heavy (non-hydrogen) atoms. The standard InChI is InChI=1S/C9H12F3N3O2S/c1-2-14-18(16,17)15-8-4-3-6(5-7(8)13)9(10,11)12/h3-5,14-15H,2,13H2,1H3. The van der Waals surface area contributed by atoms with E-state index in [1.807, 2.05) is 4.72 Å². The highest BCUT2D eigenvalue weighted by molar-refractivity contribution is 7.90. The van der Waals surface area contributed by atoms with Crippen molar-refractivity contribution in [2.75, 3.05) is 17.0 Å². The van der Waals surface area contributed by atoms with Gasteiger partial charge in [-0.1, -0.05) is 6.92 Å². The number of halogens is 3. The number of benzene rings is 1. The van der Waals surface area contributed by atoms with E-state index in [4.69, 9.17) is 5.73 Å². The number of alkyl halides is 3. The van der Waals surface area contributed by atoms with Crippen LogP contribution in [0.15, 0.2) is 18.2 Å². The fourth-order valence-corrected chi connectivity index (χ4v) is 2.13. The van der Waals surface area contributed by atoms with Crippen LogP contribution in [0.5, 0.6) is 0 Å². The molecule has 1 rings (SSSR count). The van der Waals surface area contributed by atoms with Crippen molar-refractivity contribution in [1.82, 2.24) is 4.72 Å². The Labute approximate surface area is 102 Å². The summed E-state index contributed by atoms with van der Waals surface area (Å²) >= 11 is 0. The van der Waals surface area contributed by atoms with Gasteiger partial charge in [-0.25, -0.2) is 0 Å². The third-order valence-corrected chi connectivity index (χ3v) is 3.11. The van der Waals surface area contributed by atoms with E-state index >= 15 is 0 Å². The van der Waals surface area contributed by atoms with Crippen LogP contribution in [0.3, 0.4) is 0 Å². The van der Waals surface area contributed by atoms with Crippen molar-refractivity contribution in [1.29, 1.82) is 0 Å². The third-order valence-electron chi connectivity index (χ3n) is 1.96. The van der Waals surface area contributed by atoms with Crippen molar-refractivity contribution in [3.8, 4) is 0 Å². The number of nitrogens with one attached hydrogen (secondary N) is 2. The van der Waals surface area contributed by atoms with Crippen LogP contribution in [0.1, 0.15) is 12.5 Å². The van der Waals surface area contributed by atoms with Crippen LogP contribution in [0.2, 0.25) is 0 Å². The van der Waals surface area contributed by atoms with Crippen LogP contribution >= 0.6 is 0 Å². The zero-order chi connectivity index (χ0) is 14.0. The first-order valence-corrected chi connectivity index (χ1v) is 6.38. The summed E-state index contributed by atoms with van der Waals surface area (Å²) in [6.07, 6.45) is -4.52. The van der Waals surface area contributed by atoms with E-state index in [1.165, 1.54) is 0 Å². The van der Waals surface area contributed by atoms with E-state index < -0.39 is 21.9 Å². The molecule has 0 saturated heterocycles. The molecule has 0 atom stereocenters. The van der Waals surface area contributed by atoms with Gasteiger partial charge in [-0.3, -0.25) is 4.72 Å². The maximum absolute atomic E-state index is 12.4. The highest BCUT2D eigenvalue weighted by Crippen LogP contribution is 2.32. The van der Waals surface area contributed by atoms with Gasteiger partial charge in [-0.05, 0) is 18.2 Å². The van der Waals surface area contributed by atoms with Gasteiger partial charge >= 0.3 is 6.18 Å². The lowest BCUT2D eigenvalue weighted by Gasteiger charge is -2.12. The lowest BCUT2D eigenvalue weighted by Crippen LogP contribution is -2.30. The Morgan fingerprint density at radius 1 is 1.33 bits per heavy atom. The zero-order valence-electron chi connectivity index (χ0n) is 9.38. The molecule has 0 aromatic heterocycles. The first-order valence-electron chi connectivity index (χ1n) is 4.90. The van der Waals surface area contributed by atoms with Gasteiger partial charge in [0.2, 0.25) is 0 Å². The van der Waals surface area contributed by atoms with Crippen LogP contribution in [-0.2, 0) is 16.4 Å². The molecule has 5 nitrogen and oxygen atoms in total. The van der Waals surface area contributed by atoms with Crippen LogP contribution in [0.25, 0.3) is 0 Å². The van der Waals surface area contributed by atoms with Crippen molar-refractivity contribution < 1.29 is 21.6 Å². The second-order valence-electron chi connectivity index (χ2n) is 3.40. The second-order valence-corrected chi connectivity index (χ2v) is 4.90. The van der Waals surface area contributed by atoms with Gasteiger partial charge in [0.25, 0.3) is 10.2 Å². The molecule has 0 aliphatic rings. The molecule has 0 aliphatic carbocycles. The molecule has 0 unspecified atom stereocenters. The molecule has 102 valence electrons. The summed E-state index contributed by atoms with van der Waals surface area (Å²) in [5.41, 5.74) is 4.02. The summed E-state index contributed by atoms with van der Waals surface area (Å²) in [7, 11) is -3.82. The smallest absolute Gasteiger partial charge is 0.397 e. The Bertz CT molecular complexity index is 528. The Hall–Kier alpha value is -1.48. The number of rotatable bonds is 4. The first-order chi connectivity index (χ1) is 8.15. The van der Waals surface area contributed by atoms with E-state index in [-0.39, 0.29) is 17.9 Å². The van der Waals surface area contributed by atoms with E-state index in [2.05, 4.69) is 4.72 Å². The molecule has 0 saturated carbocycles. The van der Waals surface area contributed by atoms with Crippen molar-refractivity contribution >= 4 is 21.6 Å². The number of nitrogen functional groups attached to an aromatic ring is 1. The fraction of sp³-hybridized carbons (Fsp3) is 0.333. The molecule has 4 N–H and O–H groups in total. The van der Waals surface area contributed by atoms with Crippen molar-refractivity contribution in [2.45, 2.75) is 13.1 Å². The lowest BCUT2D eigenvalue weighted by molar-refractivity contribution is -0.137. The van der Waals surface area contributed by atoms with Crippen LogP contribution in [-0.4, -0.2) is 15.0 Å². The maximum Gasteiger partial charge on any atom is 0.416 e. The van der Waals surface area contributed by atoms with E-state index in [1.54, 1.807) is 6.92 Å². The predicted molar refractivity (Wildman–Crippen MR) is 62.1 cm³/mol. The van der Waals surface area contributed by atoms with Gasteiger partial charge in [-0.15, -0.1) is 0 Å². The average molecular weight is 283 g/mol. The predicted octanol–water partition coefficient (Wildman–Crippen LogP) is 1.55.